The molecule has 0 aromatic rings. The Morgan fingerprint density at radius 1 is 0.739 bits per heavy atom. The van der Waals surface area contributed by atoms with Crippen LogP contribution in [0.15, 0.2) is 37.0 Å². The largest absolute Gasteiger partial charge is 0.103 e. The van der Waals surface area contributed by atoms with Gasteiger partial charge in [0, 0.05) is 0 Å². The third-order valence-corrected chi connectivity index (χ3v) is 6.18. The van der Waals surface area contributed by atoms with Crippen LogP contribution in [0.4, 0.5) is 0 Å². The van der Waals surface area contributed by atoms with Crippen molar-refractivity contribution >= 4 is 0 Å². The molecular formula is C23H38. The lowest BCUT2D eigenvalue weighted by Crippen LogP contribution is -2.13. The Kier molecular flexibility index (Phi) is 8.79. The van der Waals surface area contributed by atoms with Gasteiger partial charge in [0.1, 0.15) is 0 Å². The van der Waals surface area contributed by atoms with Gasteiger partial charge >= 0.3 is 0 Å². The van der Waals surface area contributed by atoms with Crippen molar-refractivity contribution in [1.82, 2.24) is 0 Å². The summed E-state index contributed by atoms with van der Waals surface area (Å²) in [6.45, 7) is 6.00. The van der Waals surface area contributed by atoms with Crippen LogP contribution in [0, 0.1) is 23.7 Å². The zero-order valence-corrected chi connectivity index (χ0v) is 15.4. The van der Waals surface area contributed by atoms with Crippen LogP contribution in [0.1, 0.15) is 84.0 Å². The Morgan fingerprint density at radius 2 is 1.26 bits per heavy atom. The second-order valence-electron chi connectivity index (χ2n) is 7.96. The van der Waals surface area contributed by atoms with E-state index in [0.29, 0.717) is 0 Å². The summed E-state index contributed by atoms with van der Waals surface area (Å²) in [7, 11) is 0. The molecule has 0 saturated heterocycles. The molecule has 23 heavy (non-hydrogen) atoms. The molecule has 0 heterocycles. The van der Waals surface area contributed by atoms with Crippen molar-refractivity contribution < 1.29 is 0 Å². The molecule has 0 aromatic carbocycles. The molecule has 2 rings (SSSR count). The minimum absolute atomic E-state index is 0.875. The molecular weight excluding hydrogens is 276 g/mol. The summed E-state index contributed by atoms with van der Waals surface area (Å²) >= 11 is 0. The molecule has 0 aliphatic heterocycles. The van der Waals surface area contributed by atoms with Gasteiger partial charge in [-0.1, -0.05) is 30.4 Å². The van der Waals surface area contributed by atoms with Crippen molar-refractivity contribution in [3.05, 3.63) is 37.0 Å². The van der Waals surface area contributed by atoms with Crippen molar-refractivity contribution in [2.24, 2.45) is 23.7 Å². The lowest BCUT2D eigenvalue weighted by Gasteiger charge is -2.27. The van der Waals surface area contributed by atoms with Crippen LogP contribution in [0.25, 0.3) is 0 Å². The van der Waals surface area contributed by atoms with E-state index in [1.54, 1.807) is 0 Å². The van der Waals surface area contributed by atoms with Crippen LogP contribution in [-0.2, 0) is 0 Å². The summed E-state index contributed by atoms with van der Waals surface area (Å²) in [6, 6.07) is 0. The molecule has 130 valence electrons. The molecule has 0 amide bonds. The van der Waals surface area contributed by atoms with E-state index in [1.165, 1.54) is 77.0 Å². The molecule has 0 heteroatoms. The van der Waals surface area contributed by atoms with Gasteiger partial charge in [0.25, 0.3) is 0 Å². The zero-order chi connectivity index (χ0) is 16.3. The fourth-order valence-corrected chi connectivity index (χ4v) is 4.59. The average Bonchev–Trinajstić information content (AvgIpc) is 2.59. The summed E-state index contributed by atoms with van der Waals surface area (Å²) in [5.41, 5.74) is 0. The second-order valence-corrected chi connectivity index (χ2v) is 7.96. The van der Waals surface area contributed by atoms with Gasteiger partial charge in [-0.05, 0) is 108 Å². The van der Waals surface area contributed by atoms with Gasteiger partial charge in [0.05, 0.1) is 0 Å². The van der Waals surface area contributed by atoms with Crippen LogP contribution >= 0.6 is 0 Å². The minimum Gasteiger partial charge on any atom is -0.103 e. The maximum atomic E-state index is 3.85. The maximum absolute atomic E-state index is 3.85. The van der Waals surface area contributed by atoms with E-state index in [1.807, 2.05) is 0 Å². The number of allylic oxidation sites excluding steroid dienone is 5. The van der Waals surface area contributed by atoms with Gasteiger partial charge in [0.2, 0.25) is 0 Å². The van der Waals surface area contributed by atoms with Crippen LogP contribution in [0.5, 0.6) is 0 Å². The Bertz CT molecular complexity index is 359. The normalized spacial score (nSPS) is 32.6. The van der Waals surface area contributed by atoms with Crippen molar-refractivity contribution in [2.45, 2.75) is 84.0 Å². The van der Waals surface area contributed by atoms with Gasteiger partial charge in [-0.25, -0.2) is 0 Å². The topological polar surface area (TPSA) is 0 Å². The lowest BCUT2D eigenvalue weighted by molar-refractivity contribution is 0.293. The maximum Gasteiger partial charge on any atom is -0.0233 e. The predicted molar refractivity (Wildman–Crippen MR) is 104 cm³/mol. The van der Waals surface area contributed by atoms with Crippen molar-refractivity contribution in [3.8, 4) is 0 Å². The third kappa shape index (κ3) is 7.10. The van der Waals surface area contributed by atoms with Crippen LogP contribution in [-0.4, -0.2) is 0 Å². The van der Waals surface area contributed by atoms with E-state index in [4.69, 9.17) is 0 Å². The van der Waals surface area contributed by atoms with Crippen LogP contribution < -0.4 is 0 Å². The quantitative estimate of drug-likeness (QED) is 0.407. The Labute approximate surface area is 145 Å². The van der Waals surface area contributed by atoms with Gasteiger partial charge in [-0.15, -0.1) is 6.58 Å². The number of hydrogen-bond acceptors (Lipinski definition) is 0. The first-order chi connectivity index (χ1) is 11.3. The molecule has 2 saturated carbocycles. The van der Waals surface area contributed by atoms with Gasteiger partial charge in [-0.2, -0.15) is 0 Å². The summed E-state index contributed by atoms with van der Waals surface area (Å²) in [5.74, 6) is 3.73. The number of rotatable bonds is 8. The minimum atomic E-state index is 0.875. The van der Waals surface area contributed by atoms with Crippen molar-refractivity contribution in [2.75, 3.05) is 0 Å². The molecule has 0 nitrogen and oxygen atoms in total. The Hall–Kier alpha value is -0.780. The summed E-state index contributed by atoms with van der Waals surface area (Å²) in [6.07, 6.45) is 28.6. The fourth-order valence-electron chi connectivity index (χ4n) is 4.59. The molecule has 0 aromatic heterocycles. The fraction of sp³-hybridized carbons (Fsp3) is 0.739. The highest BCUT2D eigenvalue weighted by Crippen LogP contribution is 2.34. The van der Waals surface area contributed by atoms with E-state index in [0.717, 1.165) is 23.7 Å². The zero-order valence-electron chi connectivity index (χ0n) is 15.4. The van der Waals surface area contributed by atoms with Gasteiger partial charge in [0.15, 0.2) is 0 Å². The molecule has 2 fully saturated rings. The summed E-state index contributed by atoms with van der Waals surface area (Å²) in [4.78, 5) is 0. The van der Waals surface area contributed by atoms with Crippen molar-refractivity contribution in [3.63, 3.8) is 0 Å². The van der Waals surface area contributed by atoms with E-state index in [2.05, 4.69) is 43.9 Å². The highest BCUT2D eigenvalue weighted by atomic mass is 14.3. The van der Waals surface area contributed by atoms with E-state index < -0.39 is 0 Å². The molecule has 0 unspecified atom stereocenters. The van der Waals surface area contributed by atoms with Gasteiger partial charge in [-0.3, -0.25) is 0 Å². The van der Waals surface area contributed by atoms with Crippen LogP contribution in [0.3, 0.4) is 0 Å². The van der Waals surface area contributed by atoms with E-state index in [-0.39, 0.29) is 0 Å². The average molecular weight is 315 g/mol. The predicted octanol–water partition coefficient (Wildman–Crippen LogP) is 7.48. The monoisotopic (exact) mass is 314 g/mol. The molecule has 2 aliphatic rings. The number of hydrogen-bond donors (Lipinski definition) is 0. The SMILES string of the molecule is C=CCCC1CCC(/C=C/CCC2CCC(/C=C/C)CC2)CC1. The first-order valence-corrected chi connectivity index (χ1v) is 10.2. The first-order valence-electron chi connectivity index (χ1n) is 10.2. The van der Waals surface area contributed by atoms with Crippen LogP contribution in [0.2, 0.25) is 0 Å². The highest BCUT2D eigenvalue weighted by molar-refractivity contribution is 4.93. The highest BCUT2D eigenvalue weighted by Gasteiger charge is 2.20. The molecule has 0 N–H and O–H groups in total. The molecule has 0 radical (unpaired) electrons. The smallest absolute Gasteiger partial charge is 0.0233 e. The third-order valence-electron chi connectivity index (χ3n) is 6.18. The van der Waals surface area contributed by atoms with Crippen molar-refractivity contribution in [1.29, 1.82) is 0 Å². The first kappa shape index (κ1) is 18.6. The lowest BCUT2D eigenvalue weighted by atomic mass is 9.79. The van der Waals surface area contributed by atoms with E-state index in [9.17, 15) is 0 Å². The summed E-state index contributed by atoms with van der Waals surface area (Å²) in [5, 5.41) is 0. The molecule has 0 bridgehead atoms. The second kappa shape index (κ2) is 10.9. The molecule has 0 atom stereocenters. The van der Waals surface area contributed by atoms with Gasteiger partial charge < -0.3 is 0 Å². The Balaban J connectivity index is 1.55. The standard InChI is InChI=1S/C23H38/c1-3-5-9-21-16-18-23(19-17-21)11-7-6-10-22-14-12-20(8-4-2)13-15-22/h3-4,7-8,11,20-23H,1,5-6,9-10,12-19H2,2H3/b8-4+,11-7+. The summed E-state index contributed by atoms with van der Waals surface area (Å²) < 4.78 is 0. The Morgan fingerprint density at radius 3 is 1.78 bits per heavy atom. The molecule has 0 spiro atoms. The molecule has 2 aliphatic carbocycles. The van der Waals surface area contributed by atoms with E-state index >= 15 is 0 Å².